The van der Waals surface area contributed by atoms with Crippen molar-refractivity contribution in [3.63, 3.8) is 0 Å². The lowest BCUT2D eigenvalue weighted by Crippen LogP contribution is -2.02. The maximum Gasteiger partial charge on any atom is 0.217 e. The van der Waals surface area contributed by atoms with Crippen LogP contribution in [-0.2, 0) is 6.54 Å². The second-order valence-electron chi connectivity index (χ2n) is 4.17. The van der Waals surface area contributed by atoms with E-state index in [1.165, 1.54) is 5.56 Å². The highest BCUT2D eigenvalue weighted by Crippen LogP contribution is 2.23. The number of nitrogens with zero attached hydrogens (tertiary/aromatic N) is 1. The molecule has 0 bridgehead atoms. The fourth-order valence-corrected chi connectivity index (χ4v) is 1.87. The van der Waals surface area contributed by atoms with Gasteiger partial charge in [0.05, 0.1) is 5.69 Å². The Morgan fingerprint density at radius 2 is 1.94 bits per heavy atom. The molecule has 0 amide bonds. The molecule has 2 rings (SSSR count). The molecule has 0 atom stereocenters. The van der Waals surface area contributed by atoms with Gasteiger partial charge in [-0.05, 0) is 25.5 Å². The molecule has 1 aromatic carbocycles. The van der Waals surface area contributed by atoms with Crippen molar-refractivity contribution in [1.82, 2.24) is 4.98 Å². The molecule has 0 saturated heterocycles. The van der Waals surface area contributed by atoms with Crippen molar-refractivity contribution in [2.24, 2.45) is 5.73 Å². The number of pyridine rings is 1. The number of rotatable bonds is 2. The van der Waals surface area contributed by atoms with Gasteiger partial charge in [0, 0.05) is 17.7 Å². The summed E-state index contributed by atoms with van der Waals surface area (Å²) in [6.45, 7) is 4.20. The molecular formula is C14H15FN2. The minimum Gasteiger partial charge on any atom is -0.326 e. The summed E-state index contributed by atoms with van der Waals surface area (Å²) in [7, 11) is 0. The molecule has 0 unspecified atom stereocenters. The number of benzene rings is 1. The van der Waals surface area contributed by atoms with Gasteiger partial charge in [-0.1, -0.05) is 29.8 Å². The van der Waals surface area contributed by atoms with Gasteiger partial charge in [-0.2, -0.15) is 4.39 Å². The first-order valence-corrected chi connectivity index (χ1v) is 5.55. The van der Waals surface area contributed by atoms with Crippen molar-refractivity contribution in [2.75, 3.05) is 0 Å². The van der Waals surface area contributed by atoms with Crippen LogP contribution in [0.1, 0.15) is 16.7 Å². The number of hydrogen-bond donors (Lipinski definition) is 1. The highest BCUT2D eigenvalue weighted by molar-refractivity contribution is 5.64. The van der Waals surface area contributed by atoms with Crippen molar-refractivity contribution in [3.05, 3.63) is 53.0 Å². The molecule has 1 heterocycles. The largest absolute Gasteiger partial charge is 0.326 e. The molecular weight excluding hydrogens is 215 g/mol. The SMILES string of the molecule is Cc1ccc(-c2ccc(CN)c(F)n2)c(C)c1. The monoisotopic (exact) mass is 230 g/mol. The summed E-state index contributed by atoms with van der Waals surface area (Å²) < 4.78 is 13.6. The lowest BCUT2D eigenvalue weighted by Gasteiger charge is -2.07. The molecule has 2 aromatic rings. The van der Waals surface area contributed by atoms with Gasteiger partial charge >= 0.3 is 0 Å². The molecule has 88 valence electrons. The number of aryl methyl sites for hydroxylation is 2. The maximum absolute atomic E-state index is 13.6. The summed E-state index contributed by atoms with van der Waals surface area (Å²) in [4.78, 5) is 3.96. The van der Waals surface area contributed by atoms with Crippen LogP contribution in [0.15, 0.2) is 30.3 Å². The summed E-state index contributed by atoms with van der Waals surface area (Å²) in [6, 6.07) is 9.53. The third-order valence-electron chi connectivity index (χ3n) is 2.80. The summed E-state index contributed by atoms with van der Waals surface area (Å²) in [5.41, 5.74) is 9.74. The van der Waals surface area contributed by atoms with E-state index in [2.05, 4.69) is 11.1 Å². The van der Waals surface area contributed by atoms with E-state index >= 15 is 0 Å². The Balaban J connectivity index is 2.50. The molecule has 0 aliphatic heterocycles. The summed E-state index contributed by atoms with van der Waals surface area (Å²) >= 11 is 0. The first kappa shape index (κ1) is 11.7. The van der Waals surface area contributed by atoms with Gasteiger partial charge in [-0.15, -0.1) is 0 Å². The molecule has 17 heavy (non-hydrogen) atoms. The first-order chi connectivity index (χ1) is 8.11. The van der Waals surface area contributed by atoms with Gasteiger partial charge in [-0.3, -0.25) is 0 Å². The number of nitrogens with two attached hydrogens (primary N) is 1. The minimum absolute atomic E-state index is 0.173. The van der Waals surface area contributed by atoms with E-state index in [0.717, 1.165) is 11.1 Å². The van der Waals surface area contributed by atoms with E-state index in [9.17, 15) is 4.39 Å². The quantitative estimate of drug-likeness (QED) is 0.805. The molecule has 0 aliphatic rings. The van der Waals surface area contributed by atoms with Crippen LogP contribution in [0, 0.1) is 19.8 Å². The lowest BCUT2D eigenvalue weighted by atomic mass is 10.0. The summed E-state index contributed by atoms with van der Waals surface area (Å²) in [5.74, 6) is -0.482. The Kier molecular flexibility index (Phi) is 3.20. The molecule has 2 N–H and O–H groups in total. The van der Waals surface area contributed by atoms with Crippen LogP contribution in [0.3, 0.4) is 0 Å². The molecule has 0 fully saturated rings. The molecule has 1 aromatic heterocycles. The molecule has 0 radical (unpaired) electrons. The van der Waals surface area contributed by atoms with Crippen LogP contribution in [0.25, 0.3) is 11.3 Å². The Morgan fingerprint density at radius 3 is 2.53 bits per heavy atom. The van der Waals surface area contributed by atoms with Gasteiger partial charge in [0.15, 0.2) is 0 Å². The summed E-state index contributed by atoms with van der Waals surface area (Å²) in [6.07, 6.45) is 0. The van der Waals surface area contributed by atoms with E-state index in [1.54, 1.807) is 6.07 Å². The van der Waals surface area contributed by atoms with E-state index < -0.39 is 5.95 Å². The number of halogens is 1. The van der Waals surface area contributed by atoms with E-state index in [-0.39, 0.29) is 6.54 Å². The van der Waals surface area contributed by atoms with E-state index in [4.69, 9.17) is 5.73 Å². The third-order valence-corrected chi connectivity index (χ3v) is 2.80. The van der Waals surface area contributed by atoms with Gasteiger partial charge in [0.1, 0.15) is 0 Å². The predicted octanol–water partition coefficient (Wildman–Crippen LogP) is 2.96. The zero-order valence-corrected chi connectivity index (χ0v) is 10.00. The topological polar surface area (TPSA) is 38.9 Å². The normalized spacial score (nSPS) is 10.6. The molecule has 3 heteroatoms. The van der Waals surface area contributed by atoms with Crippen molar-refractivity contribution in [2.45, 2.75) is 20.4 Å². The zero-order chi connectivity index (χ0) is 12.4. The van der Waals surface area contributed by atoms with Crippen LogP contribution in [0.2, 0.25) is 0 Å². The molecule has 0 saturated carbocycles. The standard InChI is InChI=1S/C14H15FN2/c1-9-3-5-12(10(2)7-9)13-6-4-11(8-16)14(15)17-13/h3-7H,8,16H2,1-2H3. The van der Waals surface area contributed by atoms with Crippen molar-refractivity contribution >= 4 is 0 Å². The lowest BCUT2D eigenvalue weighted by molar-refractivity contribution is 0.568. The smallest absolute Gasteiger partial charge is 0.217 e. The van der Waals surface area contributed by atoms with Crippen molar-refractivity contribution < 1.29 is 4.39 Å². The van der Waals surface area contributed by atoms with E-state index in [1.807, 2.05) is 32.0 Å². The van der Waals surface area contributed by atoms with Crippen LogP contribution >= 0.6 is 0 Å². The van der Waals surface area contributed by atoms with Crippen LogP contribution < -0.4 is 5.73 Å². The second-order valence-corrected chi connectivity index (χ2v) is 4.17. The molecule has 0 spiro atoms. The third kappa shape index (κ3) is 2.34. The van der Waals surface area contributed by atoms with Crippen LogP contribution in [-0.4, -0.2) is 4.98 Å². The van der Waals surface area contributed by atoms with Gasteiger partial charge in [0.25, 0.3) is 0 Å². The van der Waals surface area contributed by atoms with Gasteiger partial charge in [-0.25, -0.2) is 4.98 Å². The Hall–Kier alpha value is -1.74. The first-order valence-electron chi connectivity index (χ1n) is 5.55. The predicted molar refractivity (Wildman–Crippen MR) is 67.0 cm³/mol. The van der Waals surface area contributed by atoms with E-state index in [0.29, 0.717) is 11.3 Å². The highest BCUT2D eigenvalue weighted by atomic mass is 19.1. The van der Waals surface area contributed by atoms with Crippen LogP contribution in [0.4, 0.5) is 4.39 Å². The highest BCUT2D eigenvalue weighted by Gasteiger charge is 2.07. The number of hydrogen-bond acceptors (Lipinski definition) is 2. The van der Waals surface area contributed by atoms with Gasteiger partial charge < -0.3 is 5.73 Å². The maximum atomic E-state index is 13.6. The fraction of sp³-hybridized carbons (Fsp3) is 0.214. The Morgan fingerprint density at radius 1 is 1.18 bits per heavy atom. The van der Waals surface area contributed by atoms with Crippen LogP contribution in [0.5, 0.6) is 0 Å². The molecule has 0 aliphatic carbocycles. The second kappa shape index (κ2) is 4.63. The van der Waals surface area contributed by atoms with Crippen molar-refractivity contribution in [1.29, 1.82) is 0 Å². The molecule has 2 nitrogen and oxygen atoms in total. The fourth-order valence-electron chi connectivity index (χ4n) is 1.87. The average Bonchev–Trinajstić information content (AvgIpc) is 2.29. The Labute approximate surface area is 100 Å². The van der Waals surface area contributed by atoms with Gasteiger partial charge in [0.2, 0.25) is 5.95 Å². The average molecular weight is 230 g/mol. The Bertz CT molecular complexity index is 550. The van der Waals surface area contributed by atoms with Crippen molar-refractivity contribution in [3.8, 4) is 11.3 Å². The zero-order valence-electron chi connectivity index (χ0n) is 10.00. The number of aromatic nitrogens is 1. The minimum atomic E-state index is -0.482. The summed E-state index contributed by atoms with van der Waals surface area (Å²) in [5, 5.41) is 0.